The number of thioether (sulfide) groups is 1. The summed E-state index contributed by atoms with van der Waals surface area (Å²) in [7, 11) is 0. The van der Waals surface area contributed by atoms with E-state index >= 15 is 0 Å². The molecule has 2 aromatic carbocycles. The number of aromatic nitrogens is 2. The van der Waals surface area contributed by atoms with Crippen LogP contribution in [0.15, 0.2) is 64.0 Å². The molecule has 0 radical (unpaired) electrons. The first-order valence-electron chi connectivity index (χ1n) is 9.69. The Morgan fingerprint density at radius 1 is 1.00 bits per heavy atom. The van der Waals surface area contributed by atoms with E-state index in [2.05, 4.69) is 10.1 Å². The number of hydrogen-bond acceptors (Lipinski definition) is 7. The van der Waals surface area contributed by atoms with Gasteiger partial charge in [-0.2, -0.15) is 4.98 Å². The van der Waals surface area contributed by atoms with Gasteiger partial charge in [0.1, 0.15) is 0 Å². The molecule has 2 heterocycles. The van der Waals surface area contributed by atoms with Crippen molar-refractivity contribution >= 4 is 23.6 Å². The van der Waals surface area contributed by atoms with Crippen molar-refractivity contribution in [1.29, 1.82) is 0 Å². The molecule has 1 fully saturated rings. The summed E-state index contributed by atoms with van der Waals surface area (Å²) in [6.45, 7) is 0.966. The number of benzene rings is 2. The molecule has 0 aliphatic carbocycles. The highest BCUT2D eigenvalue weighted by molar-refractivity contribution is 7.98. The molecule has 0 unspecified atom stereocenters. The average Bonchev–Trinajstić information content (AvgIpc) is 3.22. The summed E-state index contributed by atoms with van der Waals surface area (Å²) in [5.74, 6) is 0.484. The fraction of sp³-hybridized carbons (Fsp3) is 0.273. The highest BCUT2D eigenvalue weighted by Crippen LogP contribution is 2.21. The molecule has 4 rings (SSSR count). The molecule has 2 amide bonds. The van der Waals surface area contributed by atoms with E-state index in [0.29, 0.717) is 24.7 Å². The van der Waals surface area contributed by atoms with E-state index in [1.165, 1.54) is 4.90 Å². The number of piperazine rings is 1. The molecule has 154 valence electrons. The minimum atomic E-state index is -0.199. The lowest BCUT2D eigenvalue weighted by molar-refractivity contribution is -0.151. The average molecular weight is 423 g/mol. The van der Waals surface area contributed by atoms with Crippen molar-refractivity contribution in [2.75, 3.05) is 25.9 Å². The third-order valence-electron chi connectivity index (χ3n) is 4.96. The monoisotopic (exact) mass is 422 g/mol. The van der Waals surface area contributed by atoms with Crippen LogP contribution in [0.3, 0.4) is 0 Å². The van der Waals surface area contributed by atoms with Gasteiger partial charge in [0, 0.05) is 17.0 Å². The minimum Gasteiger partial charge on any atom is -0.338 e. The molecule has 0 N–H and O–H groups in total. The fourth-order valence-electron chi connectivity index (χ4n) is 3.36. The van der Waals surface area contributed by atoms with Crippen LogP contribution in [-0.4, -0.2) is 57.6 Å². The largest absolute Gasteiger partial charge is 0.338 e. The maximum absolute atomic E-state index is 12.5. The first-order valence-corrected chi connectivity index (χ1v) is 10.9. The lowest BCUT2D eigenvalue weighted by atomic mass is 10.1. The smallest absolute Gasteiger partial charge is 0.243 e. The van der Waals surface area contributed by atoms with E-state index in [4.69, 9.17) is 4.52 Å². The Morgan fingerprint density at radius 2 is 1.70 bits per heavy atom. The Bertz CT molecular complexity index is 1000. The van der Waals surface area contributed by atoms with E-state index in [1.807, 2.05) is 60.9 Å². The van der Waals surface area contributed by atoms with Gasteiger partial charge in [0.2, 0.25) is 23.5 Å². The number of hydrogen-bond donors (Lipinski definition) is 0. The first-order chi connectivity index (χ1) is 14.6. The molecule has 8 heteroatoms. The Labute approximate surface area is 179 Å². The predicted molar refractivity (Wildman–Crippen MR) is 114 cm³/mol. The van der Waals surface area contributed by atoms with Crippen molar-refractivity contribution in [2.45, 2.75) is 17.9 Å². The lowest BCUT2D eigenvalue weighted by Crippen LogP contribution is -2.54. The van der Waals surface area contributed by atoms with Gasteiger partial charge in [0.25, 0.3) is 0 Å². The summed E-state index contributed by atoms with van der Waals surface area (Å²) >= 11 is 1.67. The third-order valence-corrected chi connectivity index (χ3v) is 5.71. The highest BCUT2D eigenvalue weighted by atomic mass is 32.2. The molecule has 0 bridgehead atoms. The van der Waals surface area contributed by atoms with Gasteiger partial charge in [0.05, 0.1) is 19.6 Å². The molecule has 1 aliphatic heterocycles. The van der Waals surface area contributed by atoms with E-state index in [0.717, 1.165) is 16.0 Å². The van der Waals surface area contributed by atoms with Crippen molar-refractivity contribution in [3.05, 3.63) is 66.1 Å². The second kappa shape index (κ2) is 9.23. The molecule has 1 aliphatic rings. The van der Waals surface area contributed by atoms with Gasteiger partial charge in [0.15, 0.2) is 0 Å². The van der Waals surface area contributed by atoms with Crippen LogP contribution in [0.4, 0.5) is 0 Å². The maximum atomic E-state index is 12.5. The Balaban J connectivity index is 1.34. The minimum absolute atomic E-state index is 0.153. The van der Waals surface area contributed by atoms with Crippen LogP contribution in [0.25, 0.3) is 11.4 Å². The lowest BCUT2D eigenvalue weighted by Gasteiger charge is -2.31. The maximum Gasteiger partial charge on any atom is 0.243 e. The highest BCUT2D eigenvalue weighted by Gasteiger charge is 2.31. The van der Waals surface area contributed by atoms with E-state index in [9.17, 15) is 9.59 Å². The summed E-state index contributed by atoms with van der Waals surface area (Å²) in [6.07, 6.45) is 2.67. The second-order valence-corrected chi connectivity index (χ2v) is 7.94. The summed E-state index contributed by atoms with van der Waals surface area (Å²) < 4.78 is 5.34. The van der Waals surface area contributed by atoms with E-state index < -0.39 is 0 Å². The van der Waals surface area contributed by atoms with E-state index in [1.54, 1.807) is 16.7 Å². The summed E-state index contributed by atoms with van der Waals surface area (Å²) in [5, 5.41) is 4.02. The van der Waals surface area contributed by atoms with Crippen LogP contribution in [-0.2, 0) is 22.6 Å². The number of nitrogens with zero attached hydrogens (tertiary/aromatic N) is 4. The van der Waals surface area contributed by atoms with Crippen LogP contribution in [0.5, 0.6) is 0 Å². The number of carbonyl (C=O) groups is 2. The quantitative estimate of drug-likeness (QED) is 0.428. The molecule has 0 atom stereocenters. The third kappa shape index (κ3) is 4.77. The van der Waals surface area contributed by atoms with Crippen molar-refractivity contribution in [1.82, 2.24) is 19.9 Å². The topological polar surface area (TPSA) is 79.5 Å². The van der Waals surface area contributed by atoms with Crippen LogP contribution in [0.2, 0.25) is 0 Å². The van der Waals surface area contributed by atoms with Crippen molar-refractivity contribution in [3.63, 3.8) is 0 Å². The van der Waals surface area contributed by atoms with Crippen LogP contribution in [0.1, 0.15) is 11.5 Å². The zero-order chi connectivity index (χ0) is 20.9. The summed E-state index contributed by atoms with van der Waals surface area (Å²) in [5.41, 5.74) is 1.96. The SMILES string of the molecule is CSc1ccc(-c2noc(CN3CC(=O)N(CCc4ccccc4)C(=O)C3)n2)cc1. The zero-order valence-corrected chi connectivity index (χ0v) is 17.5. The van der Waals surface area contributed by atoms with Gasteiger partial charge in [-0.1, -0.05) is 35.5 Å². The van der Waals surface area contributed by atoms with Crippen LogP contribution >= 0.6 is 11.8 Å². The standard InChI is InChI=1S/C22H22N4O3S/c1-30-18-9-7-17(8-10-18)22-23-19(29-24-22)13-25-14-20(27)26(21(28)15-25)12-11-16-5-3-2-4-6-16/h2-10H,11-15H2,1H3. The molecular formula is C22H22N4O3S. The van der Waals surface area contributed by atoms with Gasteiger partial charge >= 0.3 is 0 Å². The first kappa shape index (κ1) is 20.3. The zero-order valence-electron chi connectivity index (χ0n) is 16.7. The van der Waals surface area contributed by atoms with Crippen molar-refractivity contribution < 1.29 is 14.1 Å². The van der Waals surface area contributed by atoms with Gasteiger partial charge in [-0.05, 0) is 42.5 Å². The van der Waals surface area contributed by atoms with E-state index in [-0.39, 0.29) is 31.4 Å². The number of amides is 2. The van der Waals surface area contributed by atoms with Gasteiger partial charge < -0.3 is 4.52 Å². The molecule has 7 nitrogen and oxygen atoms in total. The van der Waals surface area contributed by atoms with Crippen molar-refractivity contribution in [2.24, 2.45) is 0 Å². The molecular weight excluding hydrogens is 400 g/mol. The predicted octanol–water partition coefficient (Wildman–Crippen LogP) is 2.87. The van der Waals surface area contributed by atoms with Crippen LogP contribution < -0.4 is 0 Å². The molecule has 1 aromatic heterocycles. The van der Waals surface area contributed by atoms with Gasteiger partial charge in [-0.3, -0.25) is 19.4 Å². The molecule has 0 saturated carbocycles. The molecule has 3 aromatic rings. The van der Waals surface area contributed by atoms with Gasteiger partial charge in [-0.15, -0.1) is 11.8 Å². The van der Waals surface area contributed by atoms with Gasteiger partial charge in [-0.25, -0.2) is 0 Å². The summed E-state index contributed by atoms with van der Waals surface area (Å²) in [4.78, 5) is 33.7. The normalized spacial score (nSPS) is 15.0. The second-order valence-electron chi connectivity index (χ2n) is 7.06. The Morgan fingerprint density at radius 3 is 2.37 bits per heavy atom. The number of carbonyl (C=O) groups excluding carboxylic acids is 2. The Kier molecular flexibility index (Phi) is 6.25. The number of imide groups is 1. The molecule has 0 spiro atoms. The Hall–Kier alpha value is -2.97. The molecule has 1 saturated heterocycles. The molecule has 30 heavy (non-hydrogen) atoms. The fourth-order valence-corrected chi connectivity index (χ4v) is 3.77. The number of rotatable bonds is 7. The van der Waals surface area contributed by atoms with Crippen LogP contribution in [0, 0.1) is 0 Å². The van der Waals surface area contributed by atoms with Crippen molar-refractivity contribution in [3.8, 4) is 11.4 Å². The summed E-state index contributed by atoms with van der Waals surface area (Å²) in [6, 6.07) is 17.7.